The zero-order valence-corrected chi connectivity index (χ0v) is 8.01. The third-order valence-electron chi connectivity index (χ3n) is 1.62. The number of rotatable bonds is 8. The predicted molar refractivity (Wildman–Crippen MR) is 49.7 cm³/mol. The van der Waals surface area contributed by atoms with E-state index >= 15 is 0 Å². The summed E-state index contributed by atoms with van der Waals surface area (Å²) in [7, 11) is 0. The van der Waals surface area contributed by atoms with Crippen molar-refractivity contribution in [2.24, 2.45) is 0 Å². The van der Waals surface area contributed by atoms with Crippen LogP contribution in [0.25, 0.3) is 0 Å². The highest BCUT2D eigenvalue weighted by Gasteiger charge is 1.96. The summed E-state index contributed by atoms with van der Waals surface area (Å²) in [6.45, 7) is 2.75. The van der Waals surface area contributed by atoms with Gasteiger partial charge in [-0.3, -0.25) is 9.59 Å². The Labute approximate surface area is 78.3 Å². The zero-order chi connectivity index (χ0) is 10.1. The molecule has 0 amide bonds. The SMILES string of the molecule is CC(=O)CNCCCCCC(=O)O. The molecule has 0 aromatic heterocycles. The Bertz CT molecular complexity index is 150. The number of Topliss-reactive ketones (excluding diaryl/α,β-unsaturated/α-hetero) is 1. The number of carboxylic acids is 1. The highest BCUT2D eigenvalue weighted by molar-refractivity contribution is 5.77. The number of hydrogen-bond acceptors (Lipinski definition) is 3. The van der Waals surface area contributed by atoms with Crippen molar-refractivity contribution in [3.63, 3.8) is 0 Å². The molecule has 0 aliphatic heterocycles. The van der Waals surface area contributed by atoms with Crippen molar-refractivity contribution in [3.8, 4) is 0 Å². The average Bonchev–Trinajstić information content (AvgIpc) is 2.01. The first-order chi connectivity index (χ1) is 6.13. The van der Waals surface area contributed by atoms with Crippen LogP contribution in [-0.2, 0) is 9.59 Å². The lowest BCUT2D eigenvalue weighted by Gasteiger charge is -2.00. The number of hydrogen-bond donors (Lipinski definition) is 2. The van der Waals surface area contributed by atoms with Gasteiger partial charge in [0.1, 0.15) is 5.78 Å². The van der Waals surface area contributed by atoms with Crippen LogP contribution in [-0.4, -0.2) is 29.9 Å². The third kappa shape index (κ3) is 11.1. The summed E-state index contributed by atoms with van der Waals surface area (Å²) in [5, 5.41) is 11.3. The second-order valence-electron chi connectivity index (χ2n) is 3.08. The van der Waals surface area contributed by atoms with E-state index in [0.717, 1.165) is 25.8 Å². The van der Waals surface area contributed by atoms with Crippen molar-refractivity contribution in [2.75, 3.05) is 13.1 Å². The quantitative estimate of drug-likeness (QED) is 0.552. The Morgan fingerprint density at radius 2 is 1.92 bits per heavy atom. The number of carbonyl (C=O) groups is 2. The maximum Gasteiger partial charge on any atom is 0.303 e. The van der Waals surface area contributed by atoms with E-state index in [-0.39, 0.29) is 12.2 Å². The zero-order valence-electron chi connectivity index (χ0n) is 8.01. The van der Waals surface area contributed by atoms with Crippen molar-refractivity contribution in [2.45, 2.75) is 32.6 Å². The molecule has 0 radical (unpaired) electrons. The Morgan fingerprint density at radius 1 is 1.23 bits per heavy atom. The Hall–Kier alpha value is -0.900. The van der Waals surface area contributed by atoms with E-state index < -0.39 is 5.97 Å². The van der Waals surface area contributed by atoms with Crippen molar-refractivity contribution < 1.29 is 14.7 Å². The van der Waals surface area contributed by atoms with Gasteiger partial charge in [-0.05, 0) is 26.3 Å². The first-order valence-corrected chi connectivity index (χ1v) is 4.55. The van der Waals surface area contributed by atoms with E-state index in [4.69, 9.17) is 5.11 Å². The lowest BCUT2D eigenvalue weighted by atomic mass is 10.2. The molecule has 0 aromatic carbocycles. The van der Waals surface area contributed by atoms with E-state index in [1.165, 1.54) is 6.92 Å². The highest BCUT2D eigenvalue weighted by Crippen LogP contribution is 1.98. The highest BCUT2D eigenvalue weighted by atomic mass is 16.4. The smallest absolute Gasteiger partial charge is 0.303 e. The van der Waals surface area contributed by atoms with Gasteiger partial charge in [-0.2, -0.15) is 0 Å². The fourth-order valence-electron chi connectivity index (χ4n) is 0.967. The molecule has 0 bridgehead atoms. The van der Waals surface area contributed by atoms with Gasteiger partial charge in [0, 0.05) is 6.42 Å². The molecular weight excluding hydrogens is 170 g/mol. The fourth-order valence-corrected chi connectivity index (χ4v) is 0.967. The van der Waals surface area contributed by atoms with Crippen LogP contribution in [0.2, 0.25) is 0 Å². The molecule has 0 saturated heterocycles. The van der Waals surface area contributed by atoms with E-state index in [1.807, 2.05) is 0 Å². The van der Waals surface area contributed by atoms with E-state index in [9.17, 15) is 9.59 Å². The molecule has 0 heterocycles. The minimum Gasteiger partial charge on any atom is -0.481 e. The second-order valence-corrected chi connectivity index (χ2v) is 3.08. The topological polar surface area (TPSA) is 66.4 Å². The van der Waals surface area contributed by atoms with Crippen LogP contribution in [0, 0.1) is 0 Å². The second kappa shape index (κ2) is 7.73. The molecule has 76 valence electrons. The van der Waals surface area contributed by atoms with Gasteiger partial charge in [-0.25, -0.2) is 0 Å². The van der Waals surface area contributed by atoms with Gasteiger partial charge in [-0.15, -0.1) is 0 Å². The summed E-state index contributed by atoms with van der Waals surface area (Å²) in [6, 6.07) is 0. The number of unbranched alkanes of at least 4 members (excludes halogenated alkanes) is 2. The van der Waals surface area contributed by atoms with Gasteiger partial charge >= 0.3 is 5.97 Å². The van der Waals surface area contributed by atoms with Crippen LogP contribution < -0.4 is 5.32 Å². The molecule has 0 unspecified atom stereocenters. The van der Waals surface area contributed by atoms with Crippen molar-refractivity contribution >= 4 is 11.8 Å². The van der Waals surface area contributed by atoms with Crippen LogP contribution in [0.15, 0.2) is 0 Å². The Kier molecular flexibility index (Phi) is 7.20. The molecule has 13 heavy (non-hydrogen) atoms. The van der Waals surface area contributed by atoms with Gasteiger partial charge in [0.25, 0.3) is 0 Å². The molecule has 0 aliphatic carbocycles. The lowest BCUT2D eigenvalue weighted by molar-refractivity contribution is -0.137. The summed E-state index contributed by atoms with van der Waals surface area (Å²) in [4.78, 5) is 20.6. The summed E-state index contributed by atoms with van der Waals surface area (Å²) in [6.07, 6.45) is 2.79. The minimum absolute atomic E-state index is 0.130. The molecule has 0 atom stereocenters. The Morgan fingerprint density at radius 3 is 2.46 bits per heavy atom. The van der Waals surface area contributed by atoms with E-state index in [1.54, 1.807) is 0 Å². The number of aliphatic carboxylic acids is 1. The van der Waals surface area contributed by atoms with Gasteiger partial charge < -0.3 is 10.4 Å². The van der Waals surface area contributed by atoms with Crippen LogP contribution >= 0.6 is 0 Å². The number of ketones is 1. The first kappa shape index (κ1) is 12.1. The number of nitrogens with one attached hydrogen (secondary N) is 1. The van der Waals surface area contributed by atoms with Crippen LogP contribution in [0.1, 0.15) is 32.6 Å². The van der Waals surface area contributed by atoms with Crippen molar-refractivity contribution in [1.82, 2.24) is 5.32 Å². The number of carboxylic acid groups (broad SMARTS) is 1. The third-order valence-corrected chi connectivity index (χ3v) is 1.62. The molecule has 0 aliphatic rings. The standard InChI is InChI=1S/C9H17NO3/c1-8(11)7-10-6-4-2-3-5-9(12)13/h10H,2-7H2,1H3,(H,12,13). The molecule has 0 rings (SSSR count). The molecule has 0 fully saturated rings. The normalized spacial score (nSPS) is 9.92. The van der Waals surface area contributed by atoms with Crippen LogP contribution in [0.4, 0.5) is 0 Å². The van der Waals surface area contributed by atoms with Gasteiger partial charge in [0.2, 0.25) is 0 Å². The molecule has 0 aromatic rings. The van der Waals surface area contributed by atoms with Gasteiger partial charge in [0.05, 0.1) is 6.54 Å². The van der Waals surface area contributed by atoms with E-state index in [2.05, 4.69) is 5.32 Å². The lowest BCUT2D eigenvalue weighted by Crippen LogP contribution is -2.21. The maximum atomic E-state index is 10.5. The van der Waals surface area contributed by atoms with Crippen LogP contribution in [0.5, 0.6) is 0 Å². The minimum atomic E-state index is -0.739. The van der Waals surface area contributed by atoms with Crippen LogP contribution in [0.3, 0.4) is 0 Å². The molecular formula is C9H17NO3. The summed E-state index contributed by atoms with van der Waals surface area (Å²) in [5.41, 5.74) is 0. The first-order valence-electron chi connectivity index (χ1n) is 4.55. The van der Waals surface area contributed by atoms with Crippen molar-refractivity contribution in [3.05, 3.63) is 0 Å². The molecule has 0 spiro atoms. The van der Waals surface area contributed by atoms with Crippen molar-refractivity contribution in [1.29, 1.82) is 0 Å². The molecule has 0 saturated carbocycles. The summed E-state index contributed by atoms with van der Waals surface area (Å²) < 4.78 is 0. The largest absolute Gasteiger partial charge is 0.481 e. The van der Waals surface area contributed by atoms with Gasteiger partial charge in [-0.1, -0.05) is 6.42 Å². The molecule has 2 N–H and O–H groups in total. The molecule has 4 nitrogen and oxygen atoms in total. The number of carbonyl (C=O) groups excluding carboxylic acids is 1. The Balaban J connectivity index is 3.00. The summed E-state index contributed by atoms with van der Waals surface area (Å²) >= 11 is 0. The molecule has 4 heteroatoms. The average molecular weight is 187 g/mol. The predicted octanol–water partition coefficient (Wildman–Crippen LogP) is 0.810. The van der Waals surface area contributed by atoms with Gasteiger partial charge in [0.15, 0.2) is 0 Å². The maximum absolute atomic E-state index is 10.5. The summed E-state index contributed by atoms with van der Waals surface area (Å²) in [5.74, 6) is -0.609. The monoisotopic (exact) mass is 187 g/mol. The fraction of sp³-hybridized carbons (Fsp3) is 0.778. The van der Waals surface area contributed by atoms with E-state index in [0.29, 0.717) is 6.54 Å².